The van der Waals surface area contributed by atoms with E-state index in [1.165, 1.54) is 6.07 Å². The van der Waals surface area contributed by atoms with Gasteiger partial charge in [-0.05, 0) is 30.9 Å². The topological polar surface area (TPSA) is 55.4 Å². The minimum Gasteiger partial charge on any atom is -0.456 e. The number of para-hydroxylation sites is 1. The minimum atomic E-state index is -3.08. The van der Waals surface area contributed by atoms with Crippen LogP contribution in [0.25, 0.3) is 0 Å². The molecule has 4 nitrogen and oxygen atoms in total. The summed E-state index contributed by atoms with van der Waals surface area (Å²) in [5.41, 5.74) is 0. The maximum absolute atomic E-state index is 13.7. The van der Waals surface area contributed by atoms with Crippen molar-refractivity contribution in [2.75, 3.05) is 0 Å². The molecule has 0 bridgehead atoms. The molecule has 3 rings (SSSR count). The molecule has 1 atom stereocenters. The molecule has 1 aliphatic carbocycles. The highest BCUT2D eigenvalue weighted by atomic mass is 32.1. The molecule has 1 N–H and O–H groups in total. The van der Waals surface area contributed by atoms with Crippen molar-refractivity contribution in [2.45, 2.75) is 31.7 Å². The van der Waals surface area contributed by atoms with Crippen LogP contribution in [0.1, 0.15) is 34.3 Å². The molecule has 1 fully saturated rings. The van der Waals surface area contributed by atoms with Crippen LogP contribution in [0, 0.1) is 5.92 Å². The lowest BCUT2D eigenvalue weighted by molar-refractivity contribution is -0.109. The third-order valence-electron chi connectivity index (χ3n) is 3.88. The van der Waals surface area contributed by atoms with E-state index in [-0.39, 0.29) is 21.4 Å². The van der Waals surface area contributed by atoms with Crippen LogP contribution in [-0.4, -0.2) is 18.2 Å². The Hall–Kier alpha value is -2.28. The molecule has 1 amide bonds. The number of aldehydes is 1. The summed E-state index contributed by atoms with van der Waals surface area (Å²) in [4.78, 5) is 23.4. The number of amides is 1. The number of hydrogen-bond donors (Lipinski definition) is 1. The van der Waals surface area contributed by atoms with Crippen molar-refractivity contribution in [3.05, 3.63) is 46.2 Å². The Balaban J connectivity index is 1.88. The summed E-state index contributed by atoms with van der Waals surface area (Å²) in [6.45, 7) is 0.769. The van der Waals surface area contributed by atoms with Gasteiger partial charge in [-0.2, -0.15) is 0 Å². The number of thiophene rings is 1. The summed E-state index contributed by atoms with van der Waals surface area (Å²) >= 11 is 0.675. The molecule has 0 aliphatic heterocycles. The van der Waals surface area contributed by atoms with Gasteiger partial charge in [-0.1, -0.05) is 18.2 Å². The fourth-order valence-electron chi connectivity index (χ4n) is 2.38. The Labute approximate surface area is 147 Å². The Bertz CT molecular complexity index is 766. The third kappa shape index (κ3) is 4.22. The first-order valence-corrected chi connectivity index (χ1v) is 8.71. The zero-order valence-electron chi connectivity index (χ0n) is 13.5. The largest absolute Gasteiger partial charge is 0.456 e. The number of halogens is 2. The van der Waals surface area contributed by atoms with Crippen LogP contribution >= 0.6 is 11.3 Å². The monoisotopic (exact) mass is 365 g/mol. The summed E-state index contributed by atoms with van der Waals surface area (Å²) < 4.78 is 33.0. The molecule has 1 aromatic heterocycles. The van der Waals surface area contributed by atoms with E-state index in [1.807, 2.05) is 0 Å². The van der Waals surface area contributed by atoms with Crippen LogP contribution in [0.4, 0.5) is 8.78 Å². The number of ether oxygens (including phenoxy) is 1. The second-order valence-corrected chi connectivity index (χ2v) is 7.13. The third-order valence-corrected chi connectivity index (χ3v) is 5.17. The first kappa shape index (κ1) is 17.5. The number of rotatable bonds is 7. The van der Waals surface area contributed by atoms with Gasteiger partial charge in [-0.3, -0.25) is 4.79 Å². The minimum absolute atomic E-state index is 0.0351. The zero-order chi connectivity index (χ0) is 18.0. The van der Waals surface area contributed by atoms with Crippen molar-refractivity contribution in [3.8, 4) is 11.5 Å². The summed E-state index contributed by atoms with van der Waals surface area (Å²) in [5, 5.41) is 2.61. The zero-order valence-corrected chi connectivity index (χ0v) is 14.3. The van der Waals surface area contributed by atoms with Crippen molar-refractivity contribution in [1.82, 2.24) is 5.32 Å². The first-order valence-electron chi connectivity index (χ1n) is 7.89. The molecule has 0 radical (unpaired) electrons. The summed E-state index contributed by atoms with van der Waals surface area (Å²) in [6, 6.07) is 9.20. The maximum Gasteiger partial charge on any atom is 0.279 e. The number of benzene rings is 1. The van der Waals surface area contributed by atoms with Crippen LogP contribution < -0.4 is 10.1 Å². The van der Waals surface area contributed by atoms with Crippen molar-refractivity contribution in [3.63, 3.8) is 0 Å². The fourth-order valence-corrected chi connectivity index (χ4v) is 3.29. The number of carbonyl (C=O) groups is 2. The second-order valence-electron chi connectivity index (χ2n) is 6.08. The Morgan fingerprint density at radius 1 is 1.36 bits per heavy atom. The van der Waals surface area contributed by atoms with E-state index in [0.29, 0.717) is 23.4 Å². The molecule has 25 heavy (non-hydrogen) atoms. The van der Waals surface area contributed by atoms with E-state index in [4.69, 9.17) is 4.74 Å². The predicted octanol–water partition coefficient (Wildman–Crippen LogP) is 4.36. The standard InChI is InChI=1S/C18H17F2NO3S/c1-18(19,20)15-9-14(24-12-5-3-2-4-6-12)16(25-15)17(23)21-13(10-22)11-7-8-11/h2-6,9-11,13H,7-8H2,1H3,(H,21,23)/t13-/m1/s1. The van der Waals surface area contributed by atoms with Gasteiger partial charge in [0.05, 0.1) is 10.9 Å². The van der Waals surface area contributed by atoms with Gasteiger partial charge in [0.1, 0.15) is 16.9 Å². The average Bonchev–Trinajstić information content (AvgIpc) is 3.32. The van der Waals surface area contributed by atoms with Gasteiger partial charge in [-0.15, -0.1) is 11.3 Å². The van der Waals surface area contributed by atoms with Crippen molar-refractivity contribution in [1.29, 1.82) is 0 Å². The maximum atomic E-state index is 13.7. The number of carbonyl (C=O) groups excluding carboxylic acids is 2. The molecule has 132 valence electrons. The number of hydrogen-bond acceptors (Lipinski definition) is 4. The molecular formula is C18H17F2NO3S. The van der Waals surface area contributed by atoms with E-state index in [1.54, 1.807) is 30.3 Å². The van der Waals surface area contributed by atoms with Gasteiger partial charge in [0.15, 0.2) is 5.75 Å². The first-order chi connectivity index (χ1) is 11.9. The van der Waals surface area contributed by atoms with Gasteiger partial charge in [0.25, 0.3) is 11.8 Å². The van der Waals surface area contributed by atoms with Gasteiger partial charge < -0.3 is 14.8 Å². The molecule has 1 aliphatic rings. The van der Waals surface area contributed by atoms with Crippen LogP contribution in [0.15, 0.2) is 36.4 Å². The molecule has 1 heterocycles. The van der Waals surface area contributed by atoms with E-state index in [0.717, 1.165) is 19.8 Å². The van der Waals surface area contributed by atoms with Gasteiger partial charge in [-0.25, -0.2) is 8.78 Å². The van der Waals surface area contributed by atoms with Gasteiger partial charge in [0.2, 0.25) is 0 Å². The van der Waals surface area contributed by atoms with Crippen molar-refractivity contribution < 1.29 is 23.1 Å². The molecule has 0 unspecified atom stereocenters. The summed E-state index contributed by atoms with van der Waals surface area (Å²) in [6.07, 6.45) is 2.44. The highest BCUT2D eigenvalue weighted by Crippen LogP contribution is 2.41. The van der Waals surface area contributed by atoms with E-state index in [9.17, 15) is 18.4 Å². The van der Waals surface area contributed by atoms with Gasteiger partial charge in [0, 0.05) is 13.0 Å². The van der Waals surface area contributed by atoms with E-state index < -0.39 is 17.9 Å². The number of alkyl halides is 2. The van der Waals surface area contributed by atoms with Crippen LogP contribution in [0.3, 0.4) is 0 Å². The van der Waals surface area contributed by atoms with Crippen molar-refractivity contribution in [2.24, 2.45) is 5.92 Å². The summed E-state index contributed by atoms with van der Waals surface area (Å²) in [5.74, 6) is -3.03. The molecule has 1 saturated carbocycles. The van der Waals surface area contributed by atoms with Crippen LogP contribution in [0.5, 0.6) is 11.5 Å². The quantitative estimate of drug-likeness (QED) is 0.742. The number of nitrogens with one attached hydrogen (secondary N) is 1. The molecule has 0 saturated heterocycles. The molecule has 2 aromatic rings. The molecular weight excluding hydrogens is 348 g/mol. The lowest BCUT2D eigenvalue weighted by Gasteiger charge is -2.12. The lowest BCUT2D eigenvalue weighted by atomic mass is 10.2. The second kappa shape index (κ2) is 6.92. The molecule has 0 spiro atoms. The lowest BCUT2D eigenvalue weighted by Crippen LogP contribution is -2.37. The Kier molecular flexibility index (Phi) is 4.85. The SMILES string of the molecule is CC(F)(F)c1cc(Oc2ccccc2)c(C(=O)N[C@H](C=O)C2CC2)s1. The van der Waals surface area contributed by atoms with Crippen LogP contribution in [0.2, 0.25) is 0 Å². The van der Waals surface area contributed by atoms with Crippen molar-refractivity contribution >= 4 is 23.5 Å². The highest BCUT2D eigenvalue weighted by molar-refractivity contribution is 7.14. The highest BCUT2D eigenvalue weighted by Gasteiger charge is 2.35. The Morgan fingerprint density at radius 2 is 2.04 bits per heavy atom. The van der Waals surface area contributed by atoms with E-state index in [2.05, 4.69) is 5.32 Å². The van der Waals surface area contributed by atoms with E-state index >= 15 is 0 Å². The van der Waals surface area contributed by atoms with Gasteiger partial charge >= 0.3 is 0 Å². The Morgan fingerprint density at radius 3 is 2.60 bits per heavy atom. The normalized spacial score (nSPS) is 15.5. The summed E-state index contributed by atoms with van der Waals surface area (Å²) in [7, 11) is 0. The molecule has 1 aromatic carbocycles. The predicted molar refractivity (Wildman–Crippen MR) is 90.4 cm³/mol. The molecule has 7 heteroatoms. The van der Waals surface area contributed by atoms with Crippen LogP contribution in [-0.2, 0) is 10.7 Å². The smallest absolute Gasteiger partial charge is 0.279 e. The average molecular weight is 365 g/mol. The fraction of sp³-hybridized carbons (Fsp3) is 0.333.